The van der Waals surface area contributed by atoms with Crippen molar-refractivity contribution >= 4 is 10.8 Å². The highest BCUT2D eigenvalue weighted by Crippen LogP contribution is 2.31. The Hall–Kier alpha value is 0.110. The molecule has 3 heteroatoms. The fourth-order valence-electron chi connectivity index (χ4n) is 3.98. The van der Waals surface area contributed by atoms with E-state index in [0.717, 1.165) is 24.1 Å². The Morgan fingerprint density at radius 2 is 1.90 bits per heavy atom. The summed E-state index contributed by atoms with van der Waals surface area (Å²) in [4.78, 5) is 0. The normalized spacial score (nSPS) is 31.3. The minimum absolute atomic E-state index is 0.478. The van der Waals surface area contributed by atoms with E-state index in [4.69, 9.17) is 0 Å². The van der Waals surface area contributed by atoms with Crippen LogP contribution in [0.25, 0.3) is 0 Å². The monoisotopic (exact) mass is 299 g/mol. The molecule has 0 aromatic heterocycles. The quantitative estimate of drug-likeness (QED) is 0.773. The first-order valence-electron chi connectivity index (χ1n) is 8.81. The second-order valence-electron chi connectivity index (χ2n) is 7.05. The molecule has 4 unspecified atom stereocenters. The second-order valence-corrected chi connectivity index (χ2v) is 8.81. The Morgan fingerprint density at radius 3 is 2.55 bits per heavy atom. The van der Waals surface area contributed by atoms with E-state index in [0.29, 0.717) is 11.3 Å². The van der Waals surface area contributed by atoms with Gasteiger partial charge in [-0.25, -0.2) is 0 Å². The minimum Gasteiger partial charge on any atom is -0.313 e. The molecule has 0 aliphatic heterocycles. The van der Waals surface area contributed by atoms with Gasteiger partial charge in [-0.3, -0.25) is 4.21 Å². The van der Waals surface area contributed by atoms with Crippen LogP contribution in [-0.2, 0) is 10.8 Å². The third kappa shape index (κ3) is 4.84. The topological polar surface area (TPSA) is 29.1 Å². The van der Waals surface area contributed by atoms with Crippen LogP contribution >= 0.6 is 0 Å². The summed E-state index contributed by atoms with van der Waals surface area (Å²) in [5.74, 6) is 2.47. The number of hydrogen-bond donors (Lipinski definition) is 1. The van der Waals surface area contributed by atoms with Crippen molar-refractivity contribution in [3.8, 4) is 0 Å². The van der Waals surface area contributed by atoms with Gasteiger partial charge in [0.2, 0.25) is 0 Å². The number of nitrogens with one attached hydrogen (secondary N) is 1. The zero-order chi connectivity index (χ0) is 14.4. The first kappa shape index (κ1) is 16.5. The van der Waals surface area contributed by atoms with Crippen LogP contribution in [0.2, 0.25) is 0 Å². The summed E-state index contributed by atoms with van der Waals surface area (Å²) >= 11 is 0. The smallest absolute Gasteiger partial charge is 0.0394 e. The van der Waals surface area contributed by atoms with Crippen LogP contribution in [-0.4, -0.2) is 27.8 Å². The third-order valence-corrected chi connectivity index (χ3v) is 7.09. The van der Waals surface area contributed by atoms with E-state index >= 15 is 0 Å². The number of hydrogen-bond acceptors (Lipinski definition) is 2. The zero-order valence-electron chi connectivity index (χ0n) is 13.4. The highest BCUT2D eigenvalue weighted by Gasteiger charge is 2.30. The van der Waals surface area contributed by atoms with Crippen LogP contribution in [0.15, 0.2) is 0 Å². The highest BCUT2D eigenvalue weighted by molar-refractivity contribution is 7.85. The highest BCUT2D eigenvalue weighted by atomic mass is 32.2. The average molecular weight is 300 g/mol. The fraction of sp³-hybridized carbons (Fsp3) is 1.00. The van der Waals surface area contributed by atoms with Crippen LogP contribution in [0.1, 0.15) is 71.6 Å². The van der Waals surface area contributed by atoms with Gasteiger partial charge in [0, 0.05) is 27.8 Å². The van der Waals surface area contributed by atoms with E-state index in [1.165, 1.54) is 57.8 Å². The van der Waals surface area contributed by atoms with Gasteiger partial charge >= 0.3 is 0 Å². The number of rotatable bonds is 7. The molecule has 0 aromatic rings. The summed E-state index contributed by atoms with van der Waals surface area (Å²) in [5, 5.41) is 4.18. The van der Waals surface area contributed by atoms with Crippen molar-refractivity contribution in [2.45, 2.75) is 82.9 Å². The molecule has 2 saturated carbocycles. The van der Waals surface area contributed by atoms with E-state index in [1.807, 2.05) is 0 Å². The van der Waals surface area contributed by atoms with E-state index in [9.17, 15) is 4.21 Å². The van der Waals surface area contributed by atoms with Crippen LogP contribution in [0, 0.1) is 11.8 Å². The van der Waals surface area contributed by atoms with Crippen molar-refractivity contribution < 1.29 is 4.21 Å². The standard InChI is InChI=1S/C17H33NOS/c1-3-11-18-17(15-8-4-5-9-15)13-20(19)16-10-6-7-14(2)12-16/h14-18H,3-13H2,1-2H3. The van der Waals surface area contributed by atoms with Gasteiger partial charge in [0.05, 0.1) is 0 Å². The first-order valence-corrected chi connectivity index (χ1v) is 10.2. The van der Waals surface area contributed by atoms with Gasteiger partial charge in [0.15, 0.2) is 0 Å². The van der Waals surface area contributed by atoms with Crippen molar-refractivity contribution in [2.24, 2.45) is 11.8 Å². The molecule has 4 atom stereocenters. The maximum absolute atomic E-state index is 12.7. The lowest BCUT2D eigenvalue weighted by molar-refractivity contribution is 0.374. The molecule has 0 heterocycles. The minimum atomic E-state index is -0.619. The lowest BCUT2D eigenvalue weighted by Gasteiger charge is -2.30. The molecule has 20 heavy (non-hydrogen) atoms. The van der Waals surface area contributed by atoms with E-state index in [2.05, 4.69) is 19.2 Å². The fourth-order valence-corrected chi connectivity index (χ4v) is 5.97. The summed E-state index contributed by atoms with van der Waals surface area (Å²) in [5.41, 5.74) is 0. The van der Waals surface area contributed by atoms with Gasteiger partial charge in [-0.2, -0.15) is 0 Å². The lowest BCUT2D eigenvalue weighted by Crippen LogP contribution is -2.42. The molecule has 2 nitrogen and oxygen atoms in total. The Morgan fingerprint density at radius 1 is 1.15 bits per heavy atom. The van der Waals surface area contributed by atoms with Crippen molar-refractivity contribution in [2.75, 3.05) is 12.3 Å². The summed E-state index contributed by atoms with van der Waals surface area (Å²) in [7, 11) is -0.619. The van der Waals surface area contributed by atoms with Gasteiger partial charge < -0.3 is 5.32 Å². The predicted molar refractivity (Wildman–Crippen MR) is 88.5 cm³/mol. The Balaban J connectivity index is 1.86. The molecule has 2 fully saturated rings. The molecule has 0 spiro atoms. The lowest BCUT2D eigenvalue weighted by atomic mass is 9.91. The molecular weight excluding hydrogens is 266 g/mol. The molecule has 1 N–H and O–H groups in total. The van der Waals surface area contributed by atoms with Crippen molar-refractivity contribution in [1.82, 2.24) is 5.32 Å². The van der Waals surface area contributed by atoms with E-state index in [-0.39, 0.29) is 0 Å². The van der Waals surface area contributed by atoms with Gasteiger partial charge in [-0.15, -0.1) is 0 Å². The van der Waals surface area contributed by atoms with Gasteiger partial charge in [-0.05, 0) is 50.5 Å². The molecule has 0 saturated heterocycles. The van der Waals surface area contributed by atoms with Crippen LogP contribution in [0.5, 0.6) is 0 Å². The van der Waals surface area contributed by atoms with Crippen molar-refractivity contribution in [3.05, 3.63) is 0 Å². The van der Waals surface area contributed by atoms with Gasteiger partial charge in [-0.1, -0.05) is 39.5 Å². The second kappa shape index (κ2) is 8.53. The zero-order valence-corrected chi connectivity index (χ0v) is 14.2. The third-order valence-electron chi connectivity index (χ3n) is 5.23. The van der Waals surface area contributed by atoms with Crippen LogP contribution in [0.3, 0.4) is 0 Å². The summed E-state index contributed by atoms with van der Waals surface area (Å²) in [6.07, 6.45) is 11.6. The van der Waals surface area contributed by atoms with Gasteiger partial charge in [0.1, 0.15) is 0 Å². The predicted octanol–water partition coefficient (Wildman–Crippen LogP) is 3.87. The van der Waals surface area contributed by atoms with E-state index in [1.54, 1.807) is 0 Å². The van der Waals surface area contributed by atoms with Gasteiger partial charge in [0.25, 0.3) is 0 Å². The van der Waals surface area contributed by atoms with Crippen molar-refractivity contribution in [3.63, 3.8) is 0 Å². The van der Waals surface area contributed by atoms with E-state index < -0.39 is 10.8 Å². The largest absolute Gasteiger partial charge is 0.313 e. The molecule has 118 valence electrons. The molecule has 0 aromatic carbocycles. The molecule has 0 bridgehead atoms. The first-order chi connectivity index (χ1) is 9.70. The maximum Gasteiger partial charge on any atom is 0.0394 e. The molecule has 2 aliphatic carbocycles. The Kier molecular flexibility index (Phi) is 7.03. The molecular formula is C17H33NOS. The van der Waals surface area contributed by atoms with Crippen LogP contribution in [0.4, 0.5) is 0 Å². The summed E-state index contributed by atoms with van der Waals surface area (Å²) in [6.45, 7) is 5.63. The molecule has 2 aliphatic rings. The Bertz CT molecular complexity index is 301. The summed E-state index contributed by atoms with van der Waals surface area (Å²) in [6, 6.07) is 0.510. The van der Waals surface area contributed by atoms with Crippen LogP contribution < -0.4 is 5.32 Å². The summed E-state index contributed by atoms with van der Waals surface area (Å²) < 4.78 is 12.7. The maximum atomic E-state index is 12.7. The Labute approximate surface area is 127 Å². The van der Waals surface area contributed by atoms with Crippen molar-refractivity contribution in [1.29, 1.82) is 0 Å². The average Bonchev–Trinajstić information content (AvgIpc) is 2.97. The SMILES string of the molecule is CCCNC(CS(=O)C1CCCC(C)C1)C1CCCC1. The molecule has 2 rings (SSSR count). The molecule has 0 amide bonds. The molecule has 0 radical (unpaired) electrons.